The molecule has 1 heterocycles. The van der Waals surface area contributed by atoms with Crippen molar-refractivity contribution in [2.24, 2.45) is 0 Å². The average Bonchev–Trinajstić information content (AvgIpc) is 2.33. The minimum absolute atomic E-state index is 0. The van der Waals surface area contributed by atoms with Gasteiger partial charge in [-0.15, -0.1) is 0 Å². The van der Waals surface area contributed by atoms with E-state index in [1.54, 1.807) is 6.26 Å². The van der Waals surface area contributed by atoms with Crippen molar-refractivity contribution in [2.45, 2.75) is 0 Å². The molecule has 0 aliphatic heterocycles. The van der Waals surface area contributed by atoms with E-state index in [0.717, 1.165) is 11.0 Å². The van der Waals surface area contributed by atoms with Crippen molar-refractivity contribution >= 4 is 11.0 Å². The van der Waals surface area contributed by atoms with Crippen LogP contribution in [-0.4, -0.2) is 0 Å². The first kappa shape index (κ1) is 8.49. The molecular weight excluding hydrogens is 151 g/mol. The van der Waals surface area contributed by atoms with Crippen molar-refractivity contribution in [1.82, 2.24) is 0 Å². The topological polar surface area (TPSA) is 13.1 Å². The van der Waals surface area contributed by atoms with Crippen molar-refractivity contribution in [2.75, 3.05) is 0 Å². The van der Waals surface area contributed by atoms with Gasteiger partial charge in [0.1, 0.15) is 5.58 Å². The van der Waals surface area contributed by atoms with Crippen LogP contribution in [0.15, 0.2) is 41.0 Å². The SMILES string of the molecule is [H-].[K+].c1ccc2occc2c1. The Kier molecular flexibility index (Phi) is 3.13. The number of para-hydroxylation sites is 1. The number of benzene rings is 1. The fraction of sp³-hybridized carbons (Fsp3) is 0. The van der Waals surface area contributed by atoms with Gasteiger partial charge in [-0.05, 0) is 12.1 Å². The zero-order valence-electron chi connectivity index (χ0n) is 6.87. The molecule has 10 heavy (non-hydrogen) atoms. The molecule has 0 N–H and O–H groups in total. The quantitative estimate of drug-likeness (QED) is 0.473. The van der Waals surface area contributed by atoms with Gasteiger partial charge in [-0.25, -0.2) is 0 Å². The fourth-order valence-electron chi connectivity index (χ4n) is 0.906. The number of hydrogen-bond donors (Lipinski definition) is 0. The molecule has 0 aliphatic rings. The van der Waals surface area contributed by atoms with Gasteiger partial charge in [0.05, 0.1) is 6.26 Å². The third-order valence-corrected chi connectivity index (χ3v) is 1.36. The molecule has 0 fully saturated rings. The second-order valence-corrected chi connectivity index (χ2v) is 1.96. The molecule has 0 unspecified atom stereocenters. The maximum Gasteiger partial charge on any atom is 1.00 e. The van der Waals surface area contributed by atoms with Crippen LogP contribution in [0.5, 0.6) is 0 Å². The van der Waals surface area contributed by atoms with E-state index in [1.807, 2.05) is 30.3 Å². The van der Waals surface area contributed by atoms with E-state index >= 15 is 0 Å². The first-order valence-corrected chi connectivity index (χ1v) is 2.89. The van der Waals surface area contributed by atoms with Crippen molar-refractivity contribution < 1.29 is 57.2 Å². The van der Waals surface area contributed by atoms with Gasteiger partial charge in [0.25, 0.3) is 0 Å². The van der Waals surface area contributed by atoms with Crippen LogP contribution in [0.4, 0.5) is 0 Å². The Morgan fingerprint density at radius 2 is 1.90 bits per heavy atom. The molecule has 0 radical (unpaired) electrons. The van der Waals surface area contributed by atoms with Crippen LogP contribution in [0.1, 0.15) is 1.43 Å². The second kappa shape index (κ2) is 3.69. The zero-order valence-corrected chi connectivity index (χ0v) is 9.00. The standard InChI is InChI=1S/C8H6O.K.H/c1-2-4-8-7(3-1)5-6-9-8;;/h1-6H;;/q;+1;-1. The van der Waals surface area contributed by atoms with Crippen LogP contribution >= 0.6 is 0 Å². The molecule has 0 saturated carbocycles. The summed E-state index contributed by atoms with van der Waals surface area (Å²) in [5.74, 6) is 0. The van der Waals surface area contributed by atoms with Crippen molar-refractivity contribution in [3.63, 3.8) is 0 Å². The summed E-state index contributed by atoms with van der Waals surface area (Å²) in [6.45, 7) is 0. The van der Waals surface area contributed by atoms with Gasteiger partial charge < -0.3 is 5.84 Å². The normalized spacial score (nSPS) is 9.20. The van der Waals surface area contributed by atoms with E-state index in [0.29, 0.717) is 0 Å². The molecule has 0 amide bonds. The second-order valence-electron chi connectivity index (χ2n) is 1.96. The van der Waals surface area contributed by atoms with Gasteiger partial charge in [0.15, 0.2) is 0 Å². The molecule has 0 bridgehead atoms. The predicted molar refractivity (Wildman–Crippen MR) is 37.3 cm³/mol. The Hall–Kier alpha value is 0.396. The van der Waals surface area contributed by atoms with Gasteiger partial charge in [-0.3, -0.25) is 0 Å². The molecule has 46 valence electrons. The first-order chi connectivity index (χ1) is 4.47. The summed E-state index contributed by atoms with van der Waals surface area (Å²) >= 11 is 0. The predicted octanol–water partition coefficient (Wildman–Crippen LogP) is -0.451. The van der Waals surface area contributed by atoms with Crippen molar-refractivity contribution in [3.8, 4) is 0 Å². The maximum absolute atomic E-state index is 5.12. The Morgan fingerprint density at radius 1 is 1.10 bits per heavy atom. The van der Waals surface area contributed by atoms with E-state index in [1.165, 1.54) is 0 Å². The number of rotatable bonds is 0. The van der Waals surface area contributed by atoms with Gasteiger partial charge in [-0.2, -0.15) is 0 Å². The molecule has 0 spiro atoms. The molecule has 2 aromatic rings. The van der Waals surface area contributed by atoms with Crippen LogP contribution in [0.2, 0.25) is 0 Å². The third-order valence-electron chi connectivity index (χ3n) is 1.36. The Morgan fingerprint density at radius 3 is 2.70 bits per heavy atom. The summed E-state index contributed by atoms with van der Waals surface area (Å²) < 4.78 is 5.12. The fourth-order valence-corrected chi connectivity index (χ4v) is 0.906. The van der Waals surface area contributed by atoms with Gasteiger partial charge >= 0.3 is 51.4 Å². The molecule has 1 nitrogen and oxygen atoms in total. The molecular formula is C8H7KO. The maximum atomic E-state index is 5.12. The molecule has 2 rings (SSSR count). The molecule has 0 aliphatic carbocycles. The summed E-state index contributed by atoms with van der Waals surface area (Å²) in [5, 5.41) is 1.16. The first-order valence-electron chi connectivity index (χ1n) is 2.89. The van der Waals surface area contributed by atoms with E-state index in [2.05, 4.69) is 0 Å². The number of furan rings is 1. The summed E-state index contributed by atoms with van der Waals surface area (Å²) in [5.41, 5.74) is 0.956. The van der Waals surface area contributed by atoms with E-state index in [4.69, 9.17) is 4.42 Å². The summed E-state index contributed by atoms with van der Waals surface area (Å²) in [6, 6.07) is 9.90. The van der Waals surface area contributed by atoms with Crippen molar-refractivity contribution in [3.05, 3.63) is 36.6 Å². The molecule has 0 saturated heterocycles. The molecule has 1 aromatic carbocycles. The Balaban J connectivity index is 0.000000500. The third kappa shape index (κ3) is 1.52. The van der Waals surface area contributed by atoms with Crippen LogP contribution < -0.4 is 51.4 Å². The van der Waals surface area contributed by atoms with Crippen LogP contribution in [0.3, 0.4) is 0 Å². The van der Waals surface area contributed by atoms with Crippen molar-refractivity contribution in [1.29, 1.82) is 0 Å². The number of hydrogen-bond acceptors (Lipinski definition) is 1. The minimum Gasteiger partial charge on any atom is -1.00 e. The van der Waals surface area contributed by atoms with E-state index in [-0.39, 0.29) is 52.8 Å². The number of fused-ring (bicyclic) bond motifs is 1. The summed E-state index contributed by atoms with van der Waals surface area (Å²) in [6.07, 6.45) is 1.70. The monoisotopic (exact) mass is 158 g/mol. The van der Waals surface area contributed by atoms with Crippen LogP contribution in [0, 0.1) is 0 Å². The minimum atomic E-state index is 0. The summed E-state index contributed by atoms with van der Waals surface area (Å²) in [4.78, 5) is 0. The Labute approximate surface area is 103 Å². The average molecular weight is 158 g/mol. The smallest absolute Gasteiger partial charge is 1.00 e. The van der Waals surface area contributed by atoms with Gasteiger partial charge in [0, 0.05) is 5.39 Å². The van der Waals surface area contributed by atoms with E-state index in [9.17, 15) is 0 Å². The zero-order chi connectivity index (χ0) is 6.10. The molecule has 1 aromatic heterocycles. The molecule has 2 heteroatoms. The van der Waals surface area contributed by atoms with Crippen LogP contribution in [-0.2, 0) is 0 Å². The molecule has 0 atom stereocenters. The van der Waals surface area contributed by atoms with Gasteiger partial charge in [0.2, 0.25) is 0 Å². The Bertz CT molecular complexity index is 288. The summed E-state index contributed by atoms with van der Waals surface area (Å²) in [7, 11) is 0. The van der Waals surface area contributed by atoms with Gasteiger partial charge in [-0.1, -0.05) is 18.2 Å². The largest absolute Gasteiger partial charge is 1.00 e. The van der Waals surface area contributed by atoms with E-state index < -0.39 is 0 Å². The van der Waals surface area contributed by atoms with Crippen LogP contribution in [0.25, 0.3) is 11.0 Å².